The Balaban J connectivity index is 1.76. The van der Waals surface area contributed by atoms with E-state index in [2.05, 4.69) is 22.0 Å². The molecule has 0 bridgehead atoms. The molecule has 0 aliphatic carbocycles. The molecular formula is C22H14BrCl2NO. The highest BCUT2D eigenvalue weighted by atomic mass is 79.9. The fraction of sp³-hybridized carbons (Fsp3) is 0.0455. The van der Waals surface area contributed by atoms with Crippen molar-refractivity contribution in [1.29, 1.82) is 5.26 Å². The topological polar surface area (TPSA) is 33.0 Å². The van der Waals surface area contributed by atoms with Crippen LogP contribution in [-0.2, 0) is 6.61 Å². The van der Waals surface area contributed by atoms with Gasteiger partial charge in [0.05, 0.1) is 16.7 Å². The van der Waals surface area contributed by atoms with Crippen LogP contribution in [0.4, 0.5) is 0 Å². The van der Waals surface area contributed by atoms with Crippen LogP contribution in [0.3, 0.4) is 0 Å². The molecule has 0 saturated heterocycles. The number of allylic oxidation sites excluding steroid dienone is 1. The molecule has 0 fully saturated rings. The van der Waals surface area contributed by atoms with Crippen LogP contribution in [0.2, 0.25) is 10.0 Å². The van der Waals surface area contributed by atoms with Crippen molar-refractivity contribution in [1.82, 2.24) is 0 Å². The first-order valence-corrected chi connectivity index (χ1v) is 9.64. The van der Waals surface area contributed by atoms with Crippen molar-refractivity contribution in [3.8, 4) is 11.8 Å². The van der Waals surface area contributed by atoms with Crippen molar-refractivity contribution >= 4 is 50.8 Å². The van der Waals surface area contributed by atoms with E-state index in [1.807, 2.05) is 54.6 Å². The third-order valence-electron chi connectivity index (χ3n) is 3.85. The standard InChI is InChI=1S/C22H14BrCl2NO/c23-19-6-4-17(5-7-19)18(13-26)11-16-3-10-22(21(25)12-16)27-14-15-1-8-20(24)9-2-15/h1-12H,14H2/b18-11+. The van der Waals surface area contributed by atoms with Crippen LogP contribution in [0.1, 0.15) is 16.7 Å². The molecule has 3 rings (SSSR count). The van der Waals surface area contributed by atoms with Gasteiger partial charge < -0.3 is 4.74 Å². The molecule has 0 aliphatic heterocycles. The fourth-order valence-electron chi connectivity index (χ4n) is 2.44. The zero-order valence-electron chi connectivity index (χ0n) is 14.1. The summed E-state index contributed by atoms with van der Waals surface area (Å²) < 4.78 is 6.75. The summed E-state index contributed by atoms with van der Waals surface area (Å²) in [5.41, 5.74) is 3.24. The lowest BCUT2D eigenvalue weighted by molar-refractivity contribution is 0.306. The van der Waals surface area contributed by atoms with E-state index in [0.29, 0.717) is 28.0 Å². The largest absolute Gasteiger partial charge is 0.487 e. The second-order valence-electron chi connectivity index (χ2n) is 5.78. The summed E-state index contributed by atoms with van der Waals surface area (Å²) in [5.74, 6) is 0.589. The number of ether oxygens (including phenoxy) is 1. The fourth-order valence-corrected chi connectivity index (χ4v) is 3.08. The van der Waals surface area contributed by atoms with Gasteiger partial charge in [0.25, 0.3) is 0 Å². The van der Waals surface area contributed by atoms with Crippen LogP contribution in [0.15, 0.2) is 71.2 Å². The first kappa shape index (κ1) is 19.5. The van der Waals surface area contributed by atoms with Crippen LogP contribution in [-0.4, -0.2) is 0 Å². The number of hydrogen-bond acceptors (Lipinski definition) is 2. The first-order chi connectivity index (χ1) is 13.0. The minimum Gasteiger partial charge on any atom is -0.487 e. The lowest BCUT2D eigenvalue weighted by Crippen LogP contribution is -1.95. The molecule has 0 unspecified atom stereocenters. The van der Waals surface area contributed by atoms with E-state index in [1.165, 1.54) is 0 Å². The van der Waals surface area contributed by atoms with Crippen LogP contribution < -0.4 is 4.74 Å². The van der Waals surface area contributed by atoms with Crippen molar-refractivity contribution in [2.24, 2.45) is 0 Å². The zero-order chi connectivity index (χ0) is 19.2. The number of halogens is 3. The molecule has 27 heavy (non-hydrogen) atoms. The summed E-state index contributed by atoms with van der Waals surface area (Å²) in [4.78, 5) is 0. The molecule has 0 aliphatic rings. The van der Waals surface area contributed by atoms with Gasteiger partial charge in [-0.15, -0.1) is 0 Å². The summed E-state index contributed by atoms with van der Waals surface area (Å²) in [7, 11) is 0. The smallest absolute Gasteiger partial charge is 0.138 e. The lowest BCUT2D eigenvalue weighted by Gasteiger charge is -2.09. The highest BCUT2D eigenvalue weighted by molar-refractivity contribution is 9.10. The highest BCUT2D eigenvalue weighted by Crippen LogP contribution is 2.28. The minimum atomic E-state index is 0.397. The van der Waals surface area contributed by atoms with E-state index in [-0.39, 0.29) is 0 Å². The van der Waals surface area contributed by atoms with E-state index in [9.17, 15) is 5.26 Å². The average molecular weight is 459 g/mol. The van der Waals surface area contributed by atoms with Gasteiger partial charge in [0.1, 0.15) is 12.4 Å². The van der Waals surface area contributed by atoms with Gasteiger partial charge in [-0.2, -0.15) is 5.26 Å². The number of nitrogens with zero attached hydrogens (tertiary/aromatic N) is 1. The zero-order valence-corrected chi connectivity index (χ0v) is 17.2. The van der Waals surface area contributed by atoms with Crippen LogP contribution in [0, 0.1) is 11.3 Å². The van der Waals surface area contributed by atoms with Gasteiger partial charge >= 0.3 is 0 Å². The van der Waals surface area contributed by atoms with Gasteiger partial charge in [-0.1, -0.05) is 69.5 Å². The molecule has 0 radical (unpaired) electrons. The van der Waals surface area contributed by atoms with E-state index < -0.39 is 0 Å². The quantitative estimate of drug-likeness (QED) is 0.294. The molecule has 0 saturated carbocycles. The van der Waals surface area contributed by atoms with Gasteiger partial charge in [-0.25, -0.2) is 0 Å². The Morgan fingerprint density at radius 2 is 1.70 bits per heavy atom. The molecule has 2 nitrogen and oxygen atoms in total. The van der Waals surface area contributed by atoms with Crippen molar-refractivity contribution < 1.29 is 4.74 Å². The molecule has 0 N–H and O–H groups in total. The molecule has 3 aromatic rings. The Kier molecular flexibility index (Phi) is 6.58. The second kappa shape index (κ2) is 9.10. The molecule has 134 valence electrons. The van der Waals surface area contributed by atoms with Crippen LogP contribution in [0.25, 0.3) is 11.6 Å². The summed E-state index contributed by atoms with van der Waals surface area (Å²) in [6.07, 6.45) is 1.80. The summed E-state index contributed by atoms with van der Waals surface area (Å²) >= 11 is 15.6. The molecule has 0 aromatic heterocycles. The molecule has 0 amide bonds. The Bertz CT molecular complexity index is 1010. The summed E-state index contributed by atoms with van der Waals surface area (Å²) in [6, 6.07) is 22.8. The average Bonchev–Trinajstić information content (AvgIpc) is 2.67. The predicted molar refractivity (Wildman–Crippen MR) is 115 cm³/mol. The predicted octanol–water partition coefficient (Wildman–Crippen LogP) is 7.40. The third-order valence-corrected chi connectivity index (χ3v) is 4.93. The van der Waals surface area contributed by atoms with Crippen molar-refractivity contribution in [2.75, 3.05) is 0 Å². The maximum absolute atomic E-state index is 9.47. The minimum absolute atomic E-state index is 0.397. The highest BCUT2D eigenvalue weighted by Gasteiger charge is 2.06. The Hall–Kier alpha value is -2.25. The number of hydrogen-bond donors (Lipinski definition) is 0. The van der Waals surface area contributed by atoms with E-state index >= 15 is 0 Å². The monoisotopic (exact) mass is 457 g/mol. The third kappa shape index (κ3) is 5.37. The van der Waals surface area contributed by atoms with Gasteiger partial charge in [0, 0.05) is 9.50 Å². The van der Waals surface area contributed by atoms with Crippen LogP contribution in [0.5, 0.6) is 5.75 Å². The Morgan fingerprint density at radius 3 is 2.33 bits per heavy atom. The number of benzene rings is 3. The van der Waals surface area contributed by atoms with Crippen molar-refractivity contribution in [3.63, 3.8) is 0 Å². The van der Waals surface area contributed by atoms with Crippen LogP contribution >= 0.6 is 39.1 Å². The summed E-state index contributed by atoms with van der Waals surface area (Å²) in [5, 5.41) is 10.6. The lowest BCUT2D eigenvalue weighted by atomic mass is 10.0. The molecule has 3 aromatic carbocycles. The maximum Gasteiger partial charge on any atom is 0.138 e. The maximum atomic E-state index is 9.47. The second-order valence-corrected chi connectivity index (χ2v) is 7.54. The number of nitriles is 1. The molecule has 0 spiro atoms. The van der Waals surface area contributed by atoms with Gasteiger partial charge in [0.2, 0.25) is 0 Å². The SMILES string of the molecule is N#C/C(=C\c1ccc(OCc2ccc(Cl)cc2)c(Cl)c1)c1ccc(Br)cc1. The van der Waals surface area contributed by atoms with E-state index in [0.717, 1.165) is 21.2 Å². The van der Waals surface area contributed by atoms with Gasteiger partial charge in [0.15, 0.2) is 0 Å². The number of rotatable bonds is 5. The first-order valence-electron chi connectivity index (χ1n) is 8.10. The van der Waals surface area contributed by atoms with E-state index in [4.69, 9.17) is 27.9 Å². The molecular weight excluding hydrogens is 445 g/mol. The molecule has 5 heteroatoms. The van der Waals surface area contributed by atoms with E-state index in [1.54, 1.807) is 18.2 Å². The van der Waals surface area contributed by atoms with Crippen molar-refractivity contribution in [3.05, 3.63) is 97.9 Å². The summed E-state index contributed by atoms with van der Waals surface area (Å²) in [6.45, 7) is 0.397. The molecule has 0 atom stereocenters. The van der Waals surface area contributed by atoms with Crippen molar-refractivity contribution in [2.45, 2.75) is 6.61 Å². The Labute approximate surface area is 176 Å². The molecule has 0 heterocycles. The Morgan fingerprint density at radius 1 is 1.00 bits per heavy atom. The van der Waals surface area contributed by atoms with Gasteiger partial charge in [-0.05, 0) is 59.2 Å². The normalized spacial score (nSPS) is 11.1. The van der Waals surface area contributed by atoms with Gasteiger partial charge in [-0.3, -0.25) is 0 Å².